The number of carboxylic acids is 1. The van der Waals surface area contributed by atoms with Gasteiger partial charge in [0.15, 0.2) is 5.69 Å². The van der Waals surface area contributed by atoms with Crippen LogP contribution in [0.2, 0.25) is 0 Å². The third-order valence-corrected chi connectivity index (χ3v) is 1.80. The molecule has 0 saturated heterocycles. The Morgan fingerprint density at radius 3 is 2.69 bits per heavy atom. The molecule has 1 N–H and O–H groups in total. The Morgan fingerprint density at radius 2 is 2.25 bits per heavy atom. The van der Waals surface area contributed by atoms with Gasteiger partial charge in [-0.1, -0.05) is 0 Å². The van der Waals surface area contributed by atoms with Crippen molar-refractivity contribution in [2.24, 2.45) is 0 Å². The van der Waals surface area contributed by atoms with E-state index in [0.717, 1.165) is 13.2 Å². The van der Waals surface area contributed by atoms with Gasteiger partial charge < -0.3 is 9.84 Å². The van der Waals surface area contributed by atoms with Crippen molar-refractivity contribution < 1.29 is 27.8 Å². The van der Waals surface area contributed by atoms with Gasteiger partial charge in [0.1, 0.15) is 5.75 Å². The normalized spacial score (nSPS) is 10.6. The Bertz CT molecular complexity index is 409. The number of carbonyl (C=O) groups is 1. The fourth-order valence-electron chi connectivity index (χ4n) is 1.25. The van der Waals surface area contributed by atoms with Gasteiger partial charge in [0.2, 0.25) is 5.95 Å². The molecule has 0 saturated carbocycles. The summed E-state index contributed by atoms with van der Waals surface area (Å²) in [6.07, 6.45) is -3.64. The average Bonchev–Trinajstić information content (AvgIpc) is 2.15. The first kappa shape index (κ1) is 12.3. The number of carboxylic acid groups (broad SMARTS) is 1. The summed E-state index contributed by atoms with van der Waals surface area (Å²) >= 11 is 0. The predicted molar refractivity (Wildman–Crippen MR) is 47.0 cm³/mol. The van der Waals surface area contributed by atoms with Crippen molar-refractivity contribution in [3.63, 3.8) is 0 Å². The van der Waals surface area contributed by atoms with Gasteiger partial charge in [0.25, 0.3) is 6.43 Å². The highest BCUT2D eigenvalue weighted by Crippen LogP contribution is 2.31. The molecule has 0 amide bonds. The van der Waals surface area contributed by atoms with Gasteiger partial charge in [-0.3, -0.25) is 4.79 Å². The molecule has 0 atom stereocenters. The van der Waals surface area contributed by atoms with E-state index >= 15 is 0 Å². The molecule has 0 aromatic carbocycles. The van der Waals surface area contributed by atoms with Crippen LogP contribution < -0.4 is 4.74 Å². The zero-order chi connectivity index (χ0) is 12.3. The van der Waals surface area contributed by atoms with Crippen molar-refractivity contribution in [3.05, 3.63) is 23.3 Å². The number of halogens is 3. The summed E-state index contributed by atoms with van der Waals surface area (Å²) in [5.41, 5.74) is -1.06. The van der Waals surface area contributed by atoms with Crippen molar-refractivity contribution in [3.8, 4) is 5.75 Å². The average molecular weight is 235 g/mol. The molecule has 0 bridgehead atoms. The highest BCUT2D eigenvalue weighted by atomic mass is 19.3. The van der Waals surface area contributed by atoms with E-state index in [1.165, 1.54) is 0 Å². The molecule has 0 aliphatic heterocycles. The molecule has 0 unspecified atom stereocenters. The van der Waals surface area contributed by atoms with Gasteiger partial charge in [-0.2, -0.15) is 4.39 Å². The van der Waals surface area contributed by atoms with Crippen molar-refractivity contribution in [2.75, 3.05) is 7.11 Å². The van der Waals surface area contributed by atoms with E-state index in [1.54, 1.807) is 0 Å². The summed E-state index contributed by atoms with van der Waals surface area (Å²) in [6, 6.07) is 0.763. The topological polar surface area (TPSA) is 59.4 Å². The Hall–Kier alpha value is -1.79. The Balaban J connectivity index is 3.29. The number of ether oxygens (including phenoxy) is 1. The summed E-state index contributed by atoms with van der Waals surface area (Å²) in [4.78, 5) is 13.4. The van der Waals surface area contributed by atoms with E-state index < -0.39 is 30.5 Å². The maximum Gasteiger partial charge on any atom is 0.307 e. The number of aliphatic carboxylic acids is 1. The molecule has 0 aliphatic carbocycles. The lowest BCUT2D eigenvalue weighted by Gasteiger charge is -2.11. The van der Waals surface area contributed by atoms with Crippen LogP contribution in [0.3, 0.4) is 0 Å². The van der Waals surface area contributed by atoms with Gasteiger partial charge >= 0.3 is 5.97 Å². The first-order valence-electron chi connectivity index (χ1n) is 4.19. The summed E-state index contributed by atoms with van der Waals surface area (Å²) < 4.78 is 42.4. The van der Waals surface area contributed by atoms with Gasteiger partial charge in [0, 0.05) is 11.6 Å². The van der Waals surface area contributed by atoms with Crippen LogP contribution >= 0.6 is 0 Å². The molecule has 1 aromatic heterocycles. The summed E-state index contributed by atoms with van der Waals surface area (Å²) in [5, 5.41) is 8.52. The molecule has 0 aliphatic rings. The zero-order valence-corrected chi connectivity index (χ0v) is 8.21. The molecule has 16 heavy (non-hydrogen) atoms. The summed E-state index contributed by atoms with van der Waals surface area (Å²) in [6.45, 7) is 0. The van der Waals surface area contributed by atoms with Crippen molar-refractivity contribution in [1.29, 1.82) is 0 Å². The largest absolute Gasteiger partial charge is 0.494 e. The van der Waals surface area contributed by atoms with Crippen LogP contribution in [-0.4, -0.2) is 23.2 Å². The monoisotopic (exact) mass is 235 g/mol. The fraction of sp³-hybridized carbons (Fsp3) is 0.333. The molecule has 4 nitrogen and oxygen atoms in total. The van der Waals surface area contributed by atoms with Crippen molar-refractivity contribution >= 4 is 5.97 Å². The molecule has 1 heterocycles. The minimum absolute atomic E-state index is 0.169. The Kier molecular flexibility index (Phi) is 3.70. The minimum atomic E-state index is -3.03. The minimum Gasteiger partial charge on any atom is -0.494 e. The molecule has 0 spiro atoms. The number of pyridine rings is 1. The molecule has 0 fully saturated rings. The lowest BCUT2D eigenvalue weighted by atomic mass is 10.1. The van der Waals surface area contributed by atoms with E-state index in [4.69, 9.17) is 5.11 Å². The van der Waals surface area contributed by atoms with Crippen LogP contribution in [0.1, 0.15) is 17.7 Å². The van der Waals surface area contributed by atoms with Crippen molar-refractivity contribution in [1.82, 2.24) is 4.98 Å². The number of rotatable bonds is 4. The van der Waals surface area contributed by atoms with E-state index in [-0.39, 0.29) is 11.3 Å². The molecule has 1 aromatic rings. The Labute approximate surface area is 88.7 Å². The van der Waals surface area contributed by atoms with Crippen LogP contribution in [-0.2, 0) is 11.2 Å². The smallest absolute Gasteiger partial charge is 0.307 e. The third-order valence-electron chi connectivity index (χ3n) is 1.80. The SMILES string of the molecule is COc1c(CC(=O)O)cc(F)nc1C(F)F. The van der Waals surface area contributed by atoms with E-state index in [9.17, 15) is 18.0 Å². The van der Waals surface area contributed by atoms with Crippen LogP contribution in [0.4, 0.5) is 13.2 Å². The zero-order valence-electron chi connectivity index (χ0n) is 8.21. The second-order valence-electron chi connectivity index (χ2n) is 2.89. The highest BCUT2D eigenvalue weighted by Gasteiger charge is 2.22. The standard InChI is InChI=1S/C9H8F3NO3/c1-16-8-4(3-6(14)15)2-5(10)13-7(8)9(11)12/h2,9H,3H2,1H3,(H,14,15). The van der Waals surface area contributed by atoms with Crippen LogP contribution in [0.15, 0.2) is 6.07 Å². The van der Waals surface area contributed by atoms with E-state index in [1.807, 2.05) is 0 Å². The Morgan fingerprint density at radius 1 is 1.62 bits per heavy atom. The first-order valence-corrected chi connectivity index (χ1v) is 4.19. The number of hydrogen-bond acceptors (Lipinski definition) is 3. The predicted octanol–water partition coefficient (Wildman–Crippen LogP) is 1.79. The number of nitrogens with zero attached hydrogens (tertiary/aromatic N) is 1. The lowest BCUT2D eigenvalue weighted by Crippen LogP contribution is -2.07. The van der Waals surface area contributed by atoms with Gasteiger partial charge in [-0.05, 0) is 0 Å². The van der Waals surface area contributed by atoms with Crippen LogP contribution in [0.5, 0.6) is 5.75 Å². The second-order valence-corrected chi connectivity index (χ2v) is 2.89. The first-order chi connectivity index (χ1) is 7.45. The number of hydrogen-bond donors (Lipinski definition) is 1. The van der Waals surface area contributed by atoms with Crippen LogP contribution in [0.25, 0.3) is 0 Å². The highest BCUT2D eigenvalue weighted by molar-refractivity contribution is 5.71. The molecule has 7 heteroatoms. The lowest BCUT2D eigenvalue weighted by molar-refractivity contribution is -0.136. The quantitative estimate of drug-likeness (QED) is 0.808. The molecular weight excluding hydrogens is 227 g/mol. The van der Waals surface area contributed by atoms with Crippen LogP contribution in [0, 0.1) is 5.95 Å². The molecule has 0 radical (unpaired) electrons. The summed E-state index contributed by atoms with van der Waals surface area (Å²) in [7, 11) is 1.09. The van der Waals surface area contributed by atoms with Gasteiger partial charge in [-0.15, -0.1) is 0 Å². The maximum atomic E-state index is 12.9. The number of methoxy groups -OCH3 is 1. The maximum absolute atomic E-state index is 12.9. The molecule has 88 valence electrons. The number of aromatic nitrogens is 1. The number of alkyl halides is 2. The summed E-state index contributed by atoms with van der Waals surface area (Å²) in [5.74, 6) is -2.82. The van der Waals surface area contributed by atoms with Gasteiger partial charge in [0.05, 0.1) is 13.5 Å². The fourth-order valence-corrected chi connectivity index (χ4v) is 1.25. The van der Waals surface area contributed by atoms with Crippen molar-refractivity contribution in [2.45, 2.75) is 12.8 Å². The van der Waals surface area contributed by atoms with Gasteiger partial charge in [-0.25, -0.2) is 13.8 Å². The van der Waals surface area contributed by atoms with E-state index in [0.29, 0.717) is 0 Å². The molecule has 1 rings (SSSR count). The second kappa shape index (κ2) is 4.82. The third kappa shape index (κ3) is 2.62. The van der Waals surface area contributed by atoms with E-state index in [2.05, 4.69) is 9.72 Å². The molecular formula is C9H8F3NO3.